The number of benzene rings is 1. The first kappa shape index (κ1) is 9.73. The van der Waals surface area contributed by atoms with Gasteiger partial charge in [0.25, 0.3) is 0 Å². The van der Waals surface area contributed by atoms with Crippen LogP contribution in [0.15, 0.2) is 24.4 Å². The van der Waals surface area contributed by atoms with E-state index in [1.54, 1.807) is 6.20 Å². The number of pyridine rings is 1. The van der Waals surface area contributed by atoms with Gasteiger partial charge in [-0.2, -0.15) is 0 Å². The summed E-state index contributed by atoms with van der Waals surface area (Å²) in [6.07, 6.45) is 2.59. The minimum absolute atomic E-state index is 0.494. The van der Waals surface area contributed by atoms with Crippen LogP contribution in [0.4, 0.5) is 0 Å². The van der Waals surface area contributed by atoms with Crippen LogP contribution in [-0.4, -0.2) is 18.2 Å². The van der Waals surface area contributed by atoms with Crippen LogP contribution in [0.2, 0.25) is 5.15 Å². The molecule has 0 fully saturated rings. The monoisotopic (exact) mass is 235 g/mol. The van der Waals surface area contributed by atoms with Crippen molar-refractivity contribution in [3.63, 3.8) is 0 Å². The Labute approximate surface area is 98.0 Å². The van der Waals surface area contributed by atoms with Crippen LogP contribution in [0, 0.1) is 0 Å². The minimum Gasteiger partial charge on any atom is -0.490 e. The molecule has 2 aromatic rings. The molecule has 0 amide bonds. The molecule has 3 nitrogen and oxygen atoms in total. The molecule has 0 spiro atoms. The number of fused-ring (bicyclic) bond motifs is 2. The van der Waals surface area contributed by atoms with E-state index in [0.717, 1.165) is 28.7 Å². The van der Waals surface area contributed by atoms with E-state index in [0.29, 0.717) is 18.4 Å². The lowest BCUT2D eigenvalue weighted by atomic mass is 10.1. The van der Waals surface area contributed by atoms with E-state index in [1.165, 1.54) is 0 Å². The molecule has 0 saturated carbocycles. The highest BCUT2D eigenvalue weighted by molar-refractivity contribution is 6.34. The molecule has 3 rings (SSSR count). The molecule has 82 valence electrons. The van der Waals surface area contributed by atoms with Gasteiger partial charge in [-0.15, -0.1) is 0 Å². The standard InChI is InChI=1S/C12H10ClNO2/c13-12-9-7-11-10(15-4-1-5-16-11)6-8(9)2-3-14-12/h2-3,6-7H,1,4-5H2. The summed E-state index contributed by atoms with van der Waals surface area (Å²) in [5.41, 5.74) is 0. The summed E-state index contributed by atoms with van der Waals surface area (Å²) < 4.78 is 11.2. The van der Waals surface area contributed by atoms with E-state index in [9.17, 15) is 0 Å². The average Bonchev–Trinajstić information content (AvgIpc) is 2.52. The molecule has 16 heavy (non-hydrogen) atoms. The molecule has 0 bridgehead atoms. The lowest BCUT2D eigenvalue weighted by Crippen LogP contribution is -1.97. The van der Waals surface area contributed by atoms with Gasteiger partial charge in [0.15, 0.2) is 11.5 Å². The molecular weight excluding hydrogens is 226 g/mol. The molecule has 0 unspecified atom stereocenters. The van der Waals surface area contributed by atoms with E-state index < -0.39 is 0 Å². The topological polar surface area (TPSA) is 31.4 Å². The van der Waals surface area contributed by atoms with Crippen molar-refractivity contribution in [3.8, 4) is 11.5 Å². The quantitative estimate of drug-likeness (QED) is 0.658. The van der Waals surface area contributed by atoms with E-state index in [4.69, 9.17) is 21.1 Å². The third-order valence-electron chi connectivity index (χ3n) is 2.58. The fraction of sp³-hybridized carbons (Fsp3) is 0.250. The summed E-state index contributed by atoms with van der Waals surface area (Å²) in [4.78, 5) is 4.05. The van der Waals surface area contributed by atoms with Crippen molar-refractivity contribution in [2.45, 2.75) is 6.42 Å². The zero-order chi connectivity index (χ0) is 11.0. The lowest BCUT2D eigenvalue weighted by Gasteiger charge is -2.09. The molecule has 0 atom stereocenters. The number of halogens is 1. The molecule has 4 heteroatoms. The first-order chi connectivity index (χ1) is 7.84. The predicted molar refractivity (Wildman–Crippen MR) is 62.4 cm³/mol. The van der Waals surface area contributed by atoms with Crippen LogP contribution in [0.1, 0.15) is 6.42 Å². The van der Waals surface area contributed by atoms with Crippen LogP contribution in [0.5, 0.6) is 11.5 Å². The molecule has 1 aliphatic rings. The summed E-state index contributed by atoms with van der Waals surface area (Å²) in [7, 11) is 0. The second kappa shape index (κ2) is 3.83. The maximum Gasteiger partial charge on any atom is 0.161 e. The highest BCUT2D eigenvalue weighted by atomic mass is 35.5. The Morgan fingerprint density at radius 3 is 2.69 bits per heavy atom. The summed E-state index contributed by atoms with van der Waals surface area (Å²) in [6.45, 7) is 1.37. The molecule has 1 aromatic carbocycles. The molecule has 0 aliphatic carbocycles. The largest absolute Gasteiger partial charge is 0.490 e. The van der Waals surface area contributed by atoms with Gasteiger partial charge in [0, 0.05) is 18.0 Å². The summed E-state index contributed by atoms with van der Waals surface area (Å²) in [5.74, 6) is 1.53. The van der Waals surface area contributed by atoms with Crippen LogP contribution >= 0.6 is 11.6 Å². The van der Waals surface area contributed by atoms with Gasteiger partial charge in [-0.3, -0.25) is 0 Å². The van der Waals surface area contributed by atoms with Crippen molar-refractivity contribution in [2.24, 2.45) is 0 Å². The second-order valence-electron chi connectivity index (χ2n) is 3.67. The first-order valence-electron chi connectivity index (χ1n) is 5.18. The number of rotatable bonds is 0. The summed E-state index contributed by atoms with van der Waals surface area (Å²) >= 11 is 6.03. The Hall–Kier alpha value is -1.48. The highest BCUT2D eigenvalue weighted by Gasteiger charge is 2.12. The van der Waals surface area contributed by atoms with Gasteiger partial charge < -0.3 is 9.47 Å². The van der Waals surface area contributed by atoms with Gasteiger partial charge >= 0.3 is 0 Å². The predicted octanol–water partition coefficient (Wildman–Crippen LogP) is 3.05. The normalized spacial score (nSPS) is 14.8. The molecule has 0 N–H and O–H groups in total. The number of hydrogen-bond acceptors (Lipinski definition) is 3. The number of ether oxygens (including phenoxy) is 2. The van der Waals surface area contributed by atoms with Gasteiger partial charge in [-0.1, -0.05) is 11.6 Å². The van der Waals surface area contributed by atoms with Gasteiger partial charge in [0.1, 0.15) is 5.15 Å². The fourth-order valence-electron chi connectivity index (χ4n) is 1.79. The van der Waals surface area contributed by atoms with Gasteiger partial charge in [-0.25, -0.2) is 4.98 Å². The maximum absolute atomic E-state index is 6.03. The van der Waals surface area contributed by atoms with Crippen LogP contribution < -0.4 is 9.47 Å². The zero-order valence-corrected chi connectivity index (χ0v) is 9.33. The molecule has 0 radical (unpaired) electrons. The molecule has 2 heterocycles. The van der Waals surface area contributed by atoms with Crippen molar-refractivity contribution < 1.29 is 9.47 Å². The Balaban J connectivity index is 2.24. The fourth-order valence-corrected chi connectivity index (χ4v) is 2.01. The zero-order valence-electron chi connectivity index (χ0n) is 8.57. The Morgan fingerprint density at radius 2 is 1.88 bits per heavy atom. The first-order valence-corrected chi connectivity index (χ1v) is 5.56. The van der Waals surface area contributed by atoms with Crippen molar-refractivity contribution in [3.05, 3.63) is 29.5 Å². The average molecular weight is 236 g/mol. The highest BCUT2D eigenvalue weighted by Crippen LogP contribution is 2.35. The molecule has 1 aliphatic heterocycles. The molecule has 0 saturated heterocycles. The SMILES string of the molecule is Clc1nccc2cc3c(cc12)OCCCO3. The molecule has 1 aromatic heterocycles. The number of hydrogen-bond donors (Lipinski definition) is 0. The van der Waals surface area contributed by atoms with E-state index in [2.05, 4.69) is 4.98 Å². The second-order valence-corrected chi connectivity index (χ2v) is 4.03. The third-order valence-corrected chi connectivity index (χ3v) is 2.89. The van der Waals surface area contributed by atoms with Crippen molar-refractivity contribution in [1.82, 2.24) is 4.98 Å². The van der Waals surface area contributed by atoms with E-state index in [1.807, 2.05) is 18.2 Å². The van der Waals surface area contributed by atoms with Gasteiger partial charge in [0.2, 0.25) is 0 Å². The maximum atomic E-state index is 6.03. The van der Waals surface area contributed by atoms with E-state index >= 15 is 0 Å². The molecular formula is C12H10ClNO2. The van der Waals surface area contributed by atoms with Gasteiger partial charge in [0.05, 0.1) is 13.2 Å². The number of aromatic nitrogens is 1. The van der Waals surface area contributed by atoms with E-state index in [-0.39, 0.29) is 0 Å². The summed E-state index contributed by atoms with van der Waals surface area (Å²) in [6, 6.07) is 5.75. The van der Waals surface area contributed by atoms with Gasteiger partial charge in [-0.05, 0) is 23.6 Å². The Kier molecular flexibility index (Phi) is 2.33. The van der Waals surface area contributed by atoms with Crippen molar-refractivity contribution in [1.29, 1.82) is 0 Å². The summed E-state index contributed by atoms with van der Waals surface area (Å²) in [5, 5.41) is 2.41. The van der Waals surface area contributed by atoms with Crippen molar-refractivity contribution >= 4 is 22.4 Å². The minimum atomic E-state index is 0.494. The Morgan fingerprint density at radius 1 is 1.12 bits per heavy atom. The lowest BCUT2D eigenvalue weighted by molar-refractivity contribution is 0.297. The van der Waals surface area contributed by atoms with Crippen molar-refractivity contribution in [2.75, 3.05) is 13.2 Å². The third kappa shape index (κ3) is 1.57. The number of nitrogens with zero attached hydrogens (tertiary/aromatic N) is 1. The van der Waals surface area contributed by atoms with Crippen LogP contribution in [0.25, 0.3) is 10.8 Å². The van der Waals surface area contributed by atoms with Crippen LogP contribution in [-0.2, 0) is 0 Å². The Bertz CT molecular complexity index is 542. The smallest absolute Gasteiger partial charge is 0.161 e. The van der Waals surface area contributed by atoms with Crippen LogP contribution in [0.3, 0.4) is 0 Å².